The zero-order valence-corrected chi connectivity index (χ0v) is 15.4. The predicted octanol–water partition coefficient (Wildman–Crippen LogP) is 3.04. The molecule has 0 aliphatic heterocycles. The van der Waals surface area contributed by atoms with Crippen molar-refractivity contribution in [1.29, 1.82) is 0 Å². The van der Waals surface area contributed by atoms with Crippen molar-refractivity contribution in [2.24, 2.45) is 0 Å². The summed E-state index contributed by atoms with van der Waals surface area (Å²) >= 11 is 0. The lowest BCUT2D eigenvalue weighted by molar-refractivity contribution is 0.0686. The number of hydrogen-bond donors (Lipinski definition) is 1. The van der Waals surface area contributed by atoms with Crippen LogP contribution in [0.3, 0.4) is 0 Å². The highest BCUT2D eigenvalue weighted by atomic mass is 28.3. The summed E-state index contributed by atoms with van der Waals surface area (Å²) in [7, 11) is -1.17. The Balaban J connectivity index is 2.81. The molecule has 6 nitrogen and oxygen atoms in total. The molecule has 0 atom stereocenters. The molecule has 0 aliphatic carbocycles. The fourth-order valence-corrected chi connectivity index (χ4v) is 2.56. The van der Waals surface area contributed by atoms with Crippen molar-refractivity contribution in [1.82, 2.24) is 4.57 Å². The normalized spacial score (nSPS) is 11.5. The maximum absolute atomic E-state index is 12.1. The van der Waals surface area contributed by atoms with E-state index in [9.17, 15) is 9.59 Å². The van der Waals surface area contributed by atoms with Gasteiger partial charge in [0.25, 0.3) is 0 Å². The lowest BCUT2D eigenvalue weighted by Gasteiger charge is -2.16. The maximum atomic E-state index is 12.1. The van der Waals surface area contributed by atoms with Crippen LogP contribution < -0.4 is 10.2 Å². The summed E-state index contributed by atoms with van der Waals surface area (Å²) in [5.74, 6) is -1.20. The van der Waals surface area contributed by atoms with Crippen LogP contribution in [0.2, 0.25) is 25.7 Å². The number of carboxylic acid groups (broad SMARTS) is 1. The first-order valence-corrected chi connectivity index (χ1v) is 11.6. The smallest absolute Gasteiger partial charge is 0.341 e. The predicted molar refractivity (Wildman–Crippen MR) is 92.2 cm³/mol. The second kappa shape index (κ2) is 8.88. The molecule has 1 aromatic rings. The Morgan fingerprint density at radius 2 is 1.96 bits per heavy atom. The zero-order valence-electron chi connectivity index (χ0n) is 14.4. The molecule has 0 aromatic carbocycles. The van der Waals surface area contributed by atoms with Crippen molar-refractivity contribution in [2.75, 3.05) is 13.2 Å². The number of ether oxygens (including phenoxy) is 2. The standard InChI is InChI=1S/C16H27NO5Si/c1-5-6-7-22-14-11-17(10-13(15(14)18)16(19)20)12-21-8-9-23(2,3)4/h10-11H,5-9,12H2,1-4H3,(H,19,20). The molecule has 0 spiro atoms. The molecular formula is C16H27NO5Si. The van der Waals surface area contributed by atoms with Gasteiger partial charge in [-0.05, 0) is 12.5 Å². The summed E-state index contributed by atoms with van der Waals surface area (Å²) in [5, 5.41) is 9.16. The highest BCUT2D eigenvalue weighted by Crippen LogP contribution is 2.10. The third kappa shape index (κ3) is 7.00. The van der Waals surface area contributed by atoms with Crippen molar-refractivity contribution in [3.8, 4) is 5.75 Å². The van der Waals surface area contributed by atoms with Gasteiger partial charge in [-0.25, -0.2) is 4.79 Å². The van der Waals surface area contributed by atoms with Gasteiger partial charge in [0.15, 0.2) is 5.75 Å². The minimum Gasteiger partial charge on any atom is -0.488 e. The molecule has 1 heterocycles. The Hall–Kier alpha value is -1.60. The molecule has 130 valence electrons. The van der Waals surface area contributed by atoms with Gasteiger partial charge in [-0.1, -0.05) is 33.0 Å². The van der Waals surface area contributed by atoms with Gasteiger partial charge in [-0.15, -0.1) is 0 Å². The van der Waals surface area contributed by atoms with Crippen molar-refractivity contribution >= 4 is 14.0 Å². The number of unbranched alkanes of at least 4 members (excludes halogenated alkanes) is 1. The lowest BCUT2D eigenvalue weighted by atomic mass is 10.2. The van der Waals surface area contributed by atoms with Gasteiger partial charge in [-0.3, -0.25) is 4.79 Å². The highest BCUT2D eigenvalue weighted by Gasteiger charge is 2.15. The molecule has 23 heavy (non-hydrogen) atoms. The zero-order chi connectivity index (χ0) is 17.5. The monoisotopic (exact) mass is 341 g/mol. The van der Waals surface area contributed by atoms with Crippen molar-refractivity contribution in [3.05, 3.63) is 28.2 Å². The number of aromatic nitrogens is 1. The van der Waals surface area contributed by atoms with Crippen LogP contribution in [0.5, 0.6) is 5.75 Å². The summed E-state index contributed by atoms with van der Waals surface area (Å²) in [6, 6.07) is 1.03. The number of pyridine rings is 1. The molecule has 0 fully saturated rings. The summed E-state index contributed by atoms with van der Waals surface area (Å²) in [6.45, 7) is 10.0. The van der Waals surface area contributed by atoms with Crippen LogP contribution in [0.25, 0.3) is 0 Å². The summed E-state index contributed by atoms with van der Waals surface area (Å²) in [5.41, 5.74) is -0.889. The first-order valence-electron chi connectivity index (χ1n) is 7.92. The van der Waals surface area contributed by atoms with E-state index >= 15 is 0 Å². The number of nitrogens with zero attached hydrogens (tertiary/aromatic N) is 1. The van der Waals surface area contributed by atoms with Crippen LogP contribution in [-0.4, -0.2) is 36.9 Å². The van der Waals surface area contributed by atoms with E-state index in [0.717, 1.165) is 18.9 Å². The Morgan fingerprint density at radius 1 is 1.26 bits per heavy atom. The van der Waals surface area contributed by atoms with E-state index in [-0.39, 0.29) is 18.0 Å². The van der Waals surface area contributed by atoms with Crippen LogP contribution in [0.1, 0.15) is 30.1 Å². The van der Waals surface area contributed by atoms with Gasteiger partial charge in [-0.2, -0.15) is 0 Å². The number of carboxylic acids is 1. The Morgan fingerprint density at radius 3 is 2.52 bits per heavy atom. The summed E-state index contributed by atoms with van der Waals surface area (Å²) in [4.78, 5) is 23.3. The van der Waals surface area contributed by atoms with Crippen LogP contribution in [-0.2, 0) is 11.5 Å². The largest absolute Gasteiger partial charge is 0.488 e. The fourth-order valence-electron chi connectivity index (χ4n) is 1.81. The minimum atomic E-state index is -1.26. The number of aromatic carboxylic acids is 1. The van der Waals surface area contributed by atoms with Gasteiger partial charge < -0.3 is 19.1 Å². The molecule has 0 radical (unpaired) electrons. The second-order valence-corrected chi connectivity index (χ2v) is 12.4. The van der Waals surface area contributed by atoms with Crippen LogP contribution >= 0.6 is 0 Å². The van der Waals surface area contributed by atoms with E-state index in [0.29, 0.717) is 13.2 Å². The van der Waals surface area contributed by atoms with Crippen molar-refractivity contribution < 1.29 is 19.4 Å². The number of rotatable bonds is 10. The molecule has 0 amide bonds. The average molecular weight is 341 g/mol. The molecule has 7 heteroatoms. The van der Waals surface area contributed by atoms with E-state index in [1.54, 1.807) is 4.57 Å². The SMILES string of the molecule is CCCCOc1cn(COCC[Si](C)(C)C)cc(C(=O)O)c1=O. The Labute approximate surface area is 138 Å². The fraction of sp³-hybridized carbons (Fsp3) is 0.625. The van der Waals surface area contributed by atoms with Crippen LogP contribution in [0, 0.1) is 0 Å². The van der Waals surface area contributed by atoms with Gasteiger partial charge in [0.05, 0.1) is 12.8 Å². The van der Waals surface area contributed by atoms with Gasteiger partial charge in [0, 0.05) is 20.9 Å². The van der Waals surface area contributed by atoms with Gasteiger partial charge in [0.2, 0.25) is 5.43 Å². The van der Waals surface area contributed by atoms with Gasteiger partial charge in [0.1, 0.15) is 12.3 Å². The maximum Gasteiger partial charge on any atom is 0.341 e. The topological polar surface area (TPSA) is 77.8 Å². The molecule has 1 N–H and O–H groups in total. The third-order valence-corrected chi connectivity index (χ3v) is 4.97. The number of hydrogen-bond acceptors (Lipinski definition) is 4. The number of carbonyl (C=O) groups is 1. The highest BCUT2D eigenvalue weighted by molar-refractivity contribution is 6.76. The van der Waals surface area contributed by atoms with E-state index in [2.05, 4.69) is 19.6 Å². The molecule has 0 saturated carbocycles. The average Bonchev–Trinajstić information content (AvgIpc) is 2.45. The first kappa shape index (κ1) is 19.4. The van der Waals surface area contributed by atoms with E-state index in [1.807, 2.05) is 6.92 Å². The quantitative estimate of drug-likeness (QED) is 0.523. The second-order valence-electron chi connectivity index (χ2n) is 6.73. The molecule has 1 aromatic heterocycles. The van der Waals surface area contributed by atoms with Crippen molar-refractivity contribution in [2.45, 2.75) is 52.2 Å². The Bertz CT molecular complexity index is 577. The summed E-state index contributed by atoms with van der Waals surface area (Å²) in [6.07, 6.45) is 4.56. The van der Waals surface area contributed by atoms with Gasteiger partial charge >= 0.3 is 5.97 Å². The molecule has 0 aliphatic rings. The minimum absolute atomic E-state index is 0.0622. The van der Waals surface area contributed by atoms with E-state index in [1.165, 1.54) is 12.4 Å². The molecular weight excluding hydrogens is 314 g/mol. The van der Waals surface area contributed by atoms with E-state index in [4.69, 9.17) is 14.6 Å². The molecule has 0 saturated heterocycles. The lowest BCUT2D eigenvalue weighted by Crippen LogP contribution is -2.23. The summed E-state index contributed by atoms with van der Waals surface area (Å²) < 4.78 is 12.6. The van der Waals surface area contributed by atoms with Crippen LogP contribution in [0.15, 0.2) is 17.2 Å². The van der Waals surface area contributed by atoms with Crippen molar-refractivity contribution in [3.63, 3.8) is 0 Å². The Kier molecular flexibility index (Phi) is 7.51. The first-order chi connectivity index (χ1) is 10.7. The van der Waals surface area contributed by atoms with Crippen LogP contribution in [0.4, 0.5) is 0 Å². The molecule has 1 rings (SSSR count). The molecule has 0 unspecified atom stereocenters. The third-order valence-electron chi connectivity index (χ3n) is 3.27. The van der Waals surface area contributed by atoms with E-state index < -0.39 is 19.5 Å². The molecule has 0 bridgehead atoms.